The molecule has 3 nitrogen and oxygen atoms in total. The van der Waals surface area contributed by atoms with E-state index < -0.39 is 0 Å². The molecular weight excluding hydrogens is 180 g/mol. The summed E-state index contributed by atoms with van der Waals surface area (Å²) in [4.78, 5) is 0. The van der Waals surface area contributed by atoms with Crippen molar-refractivity contribution in [1.82, 2.24) is 0 Å². The molecule has 0 bridgehead atoms. The van der Waals surface area contributed by atoms with E-state index in [9.17, 15) is 5.11 Å². The molecule has 80 valence electrons. The molecule has 0 aromatic rings. The van der Waals surface area contributed by atoms with Crippen molar-refractivity contribution in [1.29, 1.82) is 0 Å². The fraction of sp³-hybridized carbons (Fsp3) is 1.00. The normalized spacial score (nSPS) is 50.1. The highest BCUT2D eigenvalue weighted by Crippen LogP contribution is 2.54. The van der Waals surface area contributed by atoms with Gasteiger partial charge in [0.15, 0.2) is 5.79 Å². The Kier molecular flexibility index (Phi) is 1.92. The van der Waals surface area contributed by atoms with Gasteiger partial charge in [-0.1, -0.05) is 6.92 Å². The van der Waals surface area contributed by atoms with Crippen molar-refractivity contribution in [3.63, 3.8) is 0 Å². The lowest BCUT2D eigenvalue weighted by atomic mass is 9.93. The molecule has 1 heterocycles. The molecule has 2 aliphatic carbocycles. The summed E-state index contributed by atoms with van der Waals surface area (Å²) in [5, 5.41) is 9.75. The maximum atomic E-state index is 9.75. The summed E-state index contributed by atoms with van der Waals surface area (Å²) in [6.07, 6.45) is 2.85. The number of hydrogen-bond acceptors (Lipinski definition) is 3. The molecule has 1 spiro atoms. The third-order valence-corrected chi connectivity index (χ3v) is 4.37. The van der Waals surface area contributed by atoms with Crippen LogP contribution in [0, 0.1) is 17.8 Å². The van der Waals surface area contributed by atoms with E-state index in [0.717, 1.165) is 32.5 Å². The minimum Gasteiger partial charge on any atom is -0.393 e. The van der Waals surface area contributed by atoms with Crippen molar-refractivity contribution in [2.24, 2.45) is 17.8 Å². The van der Waals surface area contributed by atoms with E-state index in [1.165, 1.54) is 0 Å². The number of ether oxygens (including phenoxy) is 2. The molecule has 14 heavy (non-hydrogen) atoms. The lowest BCUT2D eigenvalue weighted by molar-refractivity contribution is -0.157. The van der Waals surface area contributed by atoms with E-state index in [0.29, 0.717) is 17.8 Å². The van der Waals surface area contributed by atoms with Crippen LogP contribution in [-0.4, -0.2) is 30.2 Å². The van der Waals surface area contributed by atoms with Crippen molar-refractivity contribution in [3.05, 3.63) is 0 Å². The smallest absolute Gasteiger partial charge is 0.169 e. The monoisotopic (exact) mass is 198 g/mol. The van der Waals surface area contributed by atoms with Crippen LogP contribution in [0.25, 0.3) is 0 Å². The van der Waals surface area contributed by atoms with E-state index in [1.54, 1.807) is 0 Å². The highest BCUT2D eigenvalue weighted by atomic mass is 16.7. The first-order chi connectivity index (χ1) is 6.70. The van der Waals surface area contributed by atoms with Crippen LogP contribution >= 0.6 is 0 Å². The zero-order valence-electron chi connectivity index (χ0n) is 8.61. The Morgan fingerprint density at radius 3 is 2.57 bits per heavy atom. The van der Waals surface area contributed by atoms with Crippen LogP contribution in [0.1, 0.15) is 26.2 Å². The molecule has 2 saturated carbocycles. The Hall–Kier alpha value is -0.120. The topological polar surface area (TPSA) is 38.7 Å². The van der Waals surface area contributed by atoms with Gasteiger partial charge in [0, 0.05) is 12.8 Å². The van der Waals surface area contributed by atoms with Crippen molar-refractivity contribution >= 4 is 0 Å². The van der Waals surface area contributed by atoms with Crippen LogP contribution in [0.2, 0.25) is 0 Å². The summed E-state index contributed by atoms with van der Waals surface area (Å²) in [5.74, 6) is 1.40. The predicted octanol–water partition coefficient (Wildman–Crippen LogP) is 1.16. The average molecular weight is 198 g/mol. The molecule has 3 fully saturated rings. The van der Waals surface area contributed by atoms with Crippen molar-refractivity contribution in [2.75, 3.05) is 13.2 Å². The summed E-state index contributed by atoms with van der Waals surface area (Å²) in [6.45, 7) is 3.65. The van der Waals surface area contributed by atoms with E-state index in [4.69, 9.17) is 9.47 Å². The first-order valence-electron chi connectivity index (χ1n) is 5.66. The van der Waals surface area contributed by atoms with Crippen molar-refractivity contribution in [2.45, 2.75) is 38.1 Å². The van der Waals surface area contributed by atoms with Crippen LogP contribution < -0.4 is 0 Å². The van der Waals surface area contributed by atoms with E-state index in [-0.39, 0.29) is 11.9 Å². The molecule has 3 aliphatic rings. The van der Waals surface area contributed by atoms with Crippen LogP contribution in [-0.2, 0) is 9.47 Å². The summed E-state index contributed by atoms with van der Waals surface area (Å²) in [6, 6.07) is 0. The first-order valence-corrected chi connectivity index (χ1v) is 5.66. The second-order valence-corrected chi connectivity index (χ2v) is 5.10. The van der Waals surface area contributed by atoms with Crippen LogP contribution in [0.5, 0.6) is 0 Å². The molecule has 3 heteroatoms. The second kappa shape index (κ2) is 2.94. The maximum absolute atomic E-state index is 9.75. The molecule has 0 amide bonds. The highest BCUT2D eigenvalue weighted by Gasteiger charge is 2.55. The average Bonchev–Trinajstić information content (AvgIpc) is 2.79. The lowest BCUT2D eigenvalue weighted by Crippen LogP contribution is -2.29. The van der Waals surface area contributed by atoms with Gasteiger partial charge in [-0.05, 0) is 24.2 Å². The first kappa shape index (κ1) is 9.13. The molecule has 0 aromatic carbocycles. The molecule has 4 unspecified atom stereocenters. The van der Waals surface area contributed by atoms with Crippen LogP contribution in [0.4, 0.5) is 0 Å². The molecule has 1 N–H and O–H groups in total. The predicted molar refractivity (Wildman–Crippen MR) is 50.6 cm³/mol. The van der Waals surface area contributed by atoms with Gasteiger partial charge in [0.25, 0.3) is 0 Å². The van der Waals surface area contributed by atoms with Gasteiger partial charge >= 0.3 is 0 Å². The van der Waals surface area contributed by atoms with E-state index >= 15 is 0 Å². The van der Waals surface area contributed by atoms with Crippen LogP contribution in [0.15, 0.2) is 0 Å². The van der Waals surface area contributed by atoms with Gasteiger partial charge in [0.1, 0.15) is 0 Å². The molecule has 3 rings (SSSR count). The van der Waals surface area contributed by atoms with E-state index in [2.05, 4.69) is 6.92 Å². The fourth-order valence-corrected chi connectivity index (χ4v) is 3.58. The maximum Gasteiger partial charge on any atom is 0.169 e. The van der Waals surface area contributed by atoms with Gasteiger partial charge in [0.2, 0.25) is 0 Å². The van der Waals surface area contributed by atoms with E-state index in [1.807, 2.05) is 0 Å². The van der Waals surface area contributed by atoms with Crippen LogP contribution in [0.3, 0.4) is 0 Å². The van der Waals surface area contributed by atoms with Gasteiger partial charge in [-0.25, -0.2) is 0 Å². The molecular formula is C11H18O3. The number of aliphatic hydroxyl groups excluding tert-OH is 1. The number of hydrogen-bond donors (Lipinski definition) is 1. The summed E-state index contributed by atoms with van der Waals surface area (Å²) in [7, 11) is 0. The number of aliphatic hydroxyl groups is 1. The zero-order chi connectivity index (χ0) is 9.76. The third kappa shape index (κ3) is 1.16. The molecule has 1 aliphatic heterocycles. The van der Waals surface area contributed by atoms with Crippen molar-refractivity contribution < 1.29 is 14.6 Å². The molecule has 1 saturated heterocycles. The quantitative estimate of drug-likeness (QED) is 0.634. The Balaban J connectivity index is 1.77. The summed E-state index contributed by atoms with van der Waals surface area (Å²) >= 11 is 0. The minimum absolute atomic E-state index is 0.0937. The van der Waals surface area contributed by atoms with Gasteiger partial charge in [-0.2, -0.15) is 0 Å². The largest absolute Gasteiger partial charge is 0.393 e. The third-order valence-electron chi connectivity index (χ3n) is 4.37. The van der Waals surface area contributed by atoms with Crippen molar-refractivity contribution in [3.8, 4) is 0 Å². The molecule has 0 radical (unpaired) electrons. The Bertz CT molecular complexity index is 235. The highest BCUT2D eigenvalue weighted by molar-refractivity contribution is 5.00. The Morgan fingerprint density at radius 1 is 1.21 bits per heavy atom. The molecule has 0 aromatic heterocycles. The summed E-state index contributed by atoms with van der Waals surface area (Å²) in [5.41, 5.74) is 0. The second-order valence-electron chi connectivity index (χ2n) is 5.10. The lowest BCUT2D eigenvalue weighted by Gasteiger charge is -2.24. The van der Waals surface area contributed by atoms with Gasteiger partial charge < -0.3 is 14.6 Å². The zero-order valence-corrected chi connectivity index (χ0v) is 8.61. The Morgan fingerprint density at radius 2 is 1.93 bits per heavy atom. The van der Waals surface area contributed by atoms with Gasteiger partial charge in [-0.3, -0.25) is 0 Å². The molecule has 4 atom stereocenters. The number of rotatable bonds is 0. The Labute approximate surface area is 84.4 Å². The minimum atomic E-state index is -0.260. The summed E-state index contributed by atoms with van der Waals surface area (Å²) < 4.78 is 11.4. The number of fused-ring (bicyclic) bond motifs is 1. The van der Waals surface area contributed by atoms with Gasteiger partial charge in [0.05, 0.1) is 19.3 Å². The SMILES string of the molecule is CC1C(O)CC2CC3(CC21)OCCO3. The standard InChI is InChI=1S/C11H18O3/c1-7-9-6-11(13-2-3-14-11)5-8(9)4-10(7)12/h7-10,12H,2-6H2,1H3. The van der Waals surface area contributed by atoms with Gasteiger partial charge in [-0.15, -0.1) is 0 Å². The fourth-order valence-electron chi connectivity index (χ4n) is 3.58.